The van der Waals surface area contributed by atoms with Gasteiger partial charge in [-0.25, -0.2) is 13.2 Å². The van der Waals surface area contributed by atoms with Crippen molar-refractivity contribution in [3.63, 3.8) is 0 Å². The molecule has 1 aliphatic rings. The first-order chi connectivity index (χ1) is 17.4. The molecule has 1 unspecified atom stereocenters. The van der Waals surface area contributed by atoms with Crippen LogP contribution in [0.5, 0.6) is 5.75 Å². The van der Waals surface area contributed by atoms with Gasteiger partial charge in [-0.1, -0.05) is 17.7 Å². The number of hydrogen-bond donors (Lipinski definition) is 1. The van der Waals surface area contributed by atoms with Crippen LogP contribution >= 0.6 is 11.6 Å². The van der Waals surface area contributed by atoms with E-state index >= 15 is 0 Å². The lowest BCUT2D eigenvalue weighted by Gasteiger charge is -2.36. The van der Waals surface area contributed by atoms with Gasteiger partial charge >= 0.3 is 12.5 Å². The van der Waals surface area contributed by atoms with Gasteiger partial charge in [-0.05, 0) is 60.4 Å². The summed E-state index contributed by atoms with van der Waals surface area (Å²) in [7, 11) is 0. The van der Waals surface area contributed by atoms with Crippen LogP contribution < -0.4 is 10.1 Å². The number of nitrogens with one attached hydrogen (secondary N) is 1. The Morgan fingerprint density at radius 2 is 1.78 bits per heavy atom. The molecule has 1 amide bonds. The lowest BCUT2D eigenvalue weighted by molar-refractivity contribution is -0.253. The van der Waals surface area contributed by atoms with Crippen LogP contribution in [-0.2, 0) is 16.8 Å². The molecule has 2 aromatic carbocycles. The molecule has 1 fully saturated rings. The molecule has 0 radical (unpaired) electrons. The molecule has 0 aliphatic heterocycles. The molecule has 0 spiro atoms. The molecule has 196 valence electrons. The van der Waals surface area contributed by atoms with Crippen LogP contribution in [0.2, 0.25) is 5.02 Å². The summed E-state index contributed by atoms with van der Waals surface area (Å²) in [5.74, 6) is -5.35. The third-order valence-electron chi connectivity index (χ3n) is 5.77. The Bertz CT molecular complexity index is 1300. The van der Waals surface area contributed by atoms with Crippen molar-refractivity contribution >= 4 is 17.5 Å². The van der Waals surface area contributed by atoms with Gasteiger partial charge < -0.3 is 10.1 Å². The standard InChI is InChI=1S/C25H18ClF7N2O2/c26-16-4-6-21(34-12-16)24(35-22(36)14-2-3-14,11-13-1-5-19(28)20(29)7-13)15-8-17(27)10-18(9-15)37-25(32,33)23(30)31/h1,4-10,12,14,23H,2-3,11H2,(H,35,36). The molecule has 1 aromatic heterocycles. The van der Waals surface area contributed by atoms with Crippen molar-refractivity contribution in [1.82, 2.24) is 10.3 Å². The van der Waals surface area contributed by atoms with Gasteiger partial charge in [0, 0.05) is 24.6 Å². The zero-order valence-electron chi connectivity index (χ0n) is 18.8. The molecule has 0 saturated heterocycles. The highest BCUT2D eigenvalue weighted by Gasteiger charge is 2.45. The van der Waals surface area contributed by atoms with Crippen LogP contribution in [-0.4, -0.2) is 23.4 Å². The molecule has 1 atom stereocenters. The van der Waals surface area contributed by atoms with Crippen molar-refractivity contribution in [3.8, 4) is 5.75 Å². The van der Waals surface area contributed by atoms with Crippen LogP contribution in [0, 0.1) is 23.4 Å². The summed E-state index contributed by atoms with van der Waals surface area (Å²) in [4.78, 5) is 17.2. The minimum absolute atomic E-state index is 0.0350. The quantitative estimate of drug-likeness (QED) is 0.316. The summed E-state index contributed by atoms with van der Waals surface area (Å²) in [6, 6.07) is 7.87. The van der Waals surface area contributed by atoms with Gasteiger partial charge in [0.2, 0.25) is 5.91 Å². The minimum atomic E-state index is -4.94. The number of amides is 1. The van der Waals surface area contributed by atoms with E-state index in [1.807, 2.05) is 0 Å². The fourth-order valence-corrected chi connectivity index (χ4v) is 3.94. The van der Waals surface area contributed by atoms with E-state index in [4.69, 9.17) is 11.6 Å². The number of nitrogens with zero attached hydrogens (tertiary/aromatic N) is 1. The van der Waals surface area contributed by atoms with E-state index in [1.54, 1.807) is 0 Å². The van der Waals surface area contributed by atoms with E-state index in [9.17, 15) is 35.5 Å². The number of carbonyl (C=O) groups excluding carboxylic acids is 1. The number of aromatic nitrogens is 1. The van der Waals surface area contributed by atoms with Crippen LogP contribution in [0.1, 0.15) is 29.7 Å². The minimum Gasteiger partial charge on any atom is -0.428 e. The van der Waals surface area contributed by atoms with Crippen LogP contribution in [0.15, 0.2) is 54.7 Å². The highest BCUT2D eigenvalue weighted by Crippen LogP contribution is 2.39. The largest absolute Gasteiger partial charge is 0.461 e. The van der Waals surface area contributed by atoms with Gasteiger partial charge in [0.25, 0.3) is 0 Å². The molecule has 4 nitrogen and oxygen atoms in total. The van der Waals surface area contributed by atoms with E-state index in [2.05, 4.69) is 15.0 Å². The predicted octanol–water partition coefficient (Wildman–Crippen LogP) is 6.40. The van der Waals surface area contributed by atoms with Crippen LogP contribution in [0.25, 0.3) is 0 Å². The second-order valence-electron chi connectivity index (χ2n) is 8.60. The summed E-state index contributed by atoms with van der Waals surface area (Å²) in [5, 5.41) is 2.94. The van der Waals surface area contributed by atoms with Gasteiger partial charge in [-0.3, -0.25) is 9.78 Å². The molecule has 0 bridgehead atoms. The van der Waals surface area contributed by atoms with Crippen molar-refractivity contribution in [1.29, 1.82) is 0 Å². The van der Waals surface area contributed by atoms with E-state index in [1.165, 1.54) is 24.4 Å². The average Bonchev–Trinajstić information content (AvgIpc) is 3.66. The molecule has 1 aliphatic carbocycles. The second kappa shape index (κ2) is 10.2. The number of benzene rings is 2. The second-order valence-corrected chi connectivity index (χ2v) is 9.03. The third kappa shape index (κ3) is 5.98. The van der Waals surface area contributed by atoms with Gasteiger partial charge in [0.05, 0.1) is 10.7 Å². The van der Waals surface area contributed by atoms with Crippen molar-refractivity contribution in [2.75, 3.05) is 0 Å². The molecular weight excluding hydrogens is 529 g/mol. The predicted molar refractivity (Wildman–Crippen MR) is 119 cm³/mol. The topological polar surface area (TPSA) is 51.2 Å². The summed E-state index contributed by atoms with van der Waals surface area (Å²) >= 11 is 5.95. The molecular formula is C25H18ClF7N2O2. The first kappa shape index (κ1) is 26.7. The Morgan fingerprint density at radius 1 is 1.05 bits per heavy atom. The third-order valence-corrected chi connectivity index (χ3v) is 6.00. The molecule has 1 heterocycles. The maximum absolute atomic E-state index is 14.7. The Kier molecular flexibility index (Phi) is 7.36. The number of halogens is 8. The molecule has 1 saturated carbocycles. The van der Waals surface area contributed by atoms with Gasteiger partial charge in [-0.15, -0.1) is 0 Å². The fourth-order valence-electron chi connectivity index (χ4n) is 3.83. The van der Waals surface area contributed by atoms with E-state index in [-0.39, 0.29) is 28.3 Å². The number of hydrogen-bond acceptors (Lipinski definition) is 3. The van der Waals surface area contributed by atoms with Crippen LogP contribution in [0.3, 0.4) is 0 Å². The number of ether oxygens (including phenoxy) is 1. The molecule has 37 heavy (non-hydrogen) atoms. The Balaban J connectivity index is 1.92. The van der Waals surface area contributed by atoms with Crippen molar-refractivity contribution in [2.45, 2.75) is 37.3 Å². The van der Waals surface area contributed by atoms with Crippen LogP contribution in [0.4, 0.5) is 30.7 Å². The Labute approximate surface area is 211 Å². The monoisotopic (exact) mass is 546 g/mol. The lowest BCUT2D eigenvalue weighted by atomic mass is 9.80. The van der Waals surface area contributed by atoms with E-state index < -0.39 is 53.1 Å². The number of carbonyl (C=O) groups is 1. The highest BCUT2D eigenvalue weighted by molar-refractivity contribution is 6.30. The van der Waals surface area contributed by atoms with Crippen molar-refractivity contribution < 1.29 is 40.3 Å². The Morgan fingerprint density at radius 3 is 2.38 bits per heavy atom. The molecule has 1 N–H and O–H groups in total. The highest BCUT2D eigenvalue weighted by atomic mass is 35.5. The van der Waals surface area contributed by atoms with Gasteiger partial charge in [-0.2, -0.15) is 17.6 Å². The number of pyridine rings is 1. The van der Waals surface area contributed by atoms with E-state index in [0.29, 0.717) is 18.9 Å². The summed E-state index contributed by atoms with van der Waals surface area (Å²) in [6.45, 7) is 0. The summed E-state index contributed by atoms with van der Waals surface area (Å²) < 4.78 is 99.3. The fraction of sp³-hybridized carbons (Fsp3) is 0.280. The zero-order valence-corrected chi connectivity index (χ0v) is 19.5. The molecule has 4 rings (SSSR count). The van der Waals surface area contributed by atoms with Crippen molar-refractivity contribution in [2.24, 2.45) is 5.92 Å². The molecule has 3 aromatic rings. The Hall–Kier alpha value is -3.34. The number of rotatable bonds is 9. The molecule has 12 heteroatoms. The smallest absolute Gasteiger partial charge is 0.428 e. The first-order valence-electron chi connectivity index (χ1n) is 10.9. The summed E-state index contributed by atoms with van der Waals surface area (Å²) in [5.41, 5.74) is -1.92. The SMILES string of the molecule is O=C(NC(Cc1ccc(F)c(F)c1)(c1cc(F)cc(OC(F)(F)C(F)F)c1)c1ccc(Cl)cn1)C1CC1. The zero-order chi connectivity index (χ0) is 27.0. The number of alkyl halides is 4. The maximum atomic E-state index is 14.7. The van der Waals surface area contributed by atoms with Gasteiger partial charge in [0.15, 0.2) is 11.6 Å². The first-order valence-corrected chi connectivity index (χ1v) is 11.3. The lowest BCUT2D eigenvalue weighted by Crippen LogP contribution is -2.50. The van der Waals surface area contributed by atoms with Crippen molar-refractivity contribution in [3.05, 3.63) is 94.0 Å². The normalized spacial score (nSPS) is 15.4. The van der Waals surface area contributed by atoms with Gasteiger partial charge in [0.1, 0.15) is 17.1 Å². The maximum Gasteiger partial charge on any atom is 0.461 e. The average molecular weight is 547 g/mol. The summed E-state index contributed by atoms with van der Waals surface area (Å²) in [6.07, 6.45) is -7.19. The van der Waals surface area contributed by atoms with E-state index in [0.717, 1.165) is 24.3 Å².